The van der Waals surface area contributed by atoms with E-state index < -0.39 is 11.9 Å². The highest BCUT2D eigenvalue weighted by atomic mass is 16.4. The van der Waals surface area contributed by atoms with Crippen molar-refractivity contribution in [1.29, 1.82) is 0 Å². The predicted molar refractivity (Wildman–Crippen MR) is 90.1 cm³/mol. The SMILES string of the molecule is CC(CN(C)C(=O)NCCc1ccn(-c2ccccc2)n1)C(=O)O. The van der Waals surface area contributed by atoms with Crippen molar-refractivity contribution in [1.82, 2.24) is 20.0 Å². The van der Waals surface area contributed by atoms with E-state index in [9.17, 15) is 9.59 Å². The number of nitrogens with zero attached hydrogens (tertiary/aromatic N) is 3. The minimum Gasteiger partial charge on any atom is -0.481 e. The standard InChI is InChI=1S/C17H22N4O3/c1-13(16(22)23)12-20(2)17(24)18-10-8-14-9-11-21(19-14)15-6-4-3-5-7-15/h3-7,9,11,13H,8,10,12H2,1-2H3,(H,18,24)(H,22,23). The summed E-state index contributed by atoms with van der Waals surface area (Å²) in [4.78, 5) is 24.1. The van der Waals surface area contributed by atoms with E-state index in [2.05, 4.69) is 10.4 Å². The van der Waals surface area contributed by atoms with Gasteiger partial charge in [-0.2, -0.15) is 5.10 Å². The molecular weight excluding hydrogens is 308 g/mol. The van der Waals surface area contributed by atoms with Gasteiger partial charge in [-0.1, -0.05) is 25.1 Å². The number of carboxylic acid groups (broad SMARTS) is 1. The van der Waals surface area contributed by atoms with E-state index in [0.717, 1.165) is 11.4 Å². The second-order valence-electron chi connectivity index (χ2n) is 5.69. The van der Waals surface area contributed by atoms with Crippen LogP contribution in [0.3, 0.4) is 0 Å². The van der Waals surface area contributed by atoms with Gasteiger partial charge in [0.1, 0.15) is 0 Å². The number of rotatable bonds is 7. The third-order valence-corrected chi connectivity index (χ3v) is 3.64. The number of urea groups is 1. The summed E-state index contributed by atoms with van der Waals surface area (Å²) in [6.45, 7) is 2.18. The Hall–Kier alpha value is -2.83. The van der Waals surface area contributed by atoms with Gasteiger partial charge in [0, 0.05) is 32.8 Å². The number of hydrogen-bond donors (Lipinski definition) is 2. The van der Waals surface area contributed by atoms with Gasteiger partial charge in [0.25, 0.3) is 0 Å². The molecule has 0 fully saturated rings. The van der Waals surface area contributed by atoms with Crippen molar-refractivity contribution in [2.24, 2.45) is 5.92 Å². The second kappa shape index (κ2) is 8.14. The predicted octanol–water partition coefficient (Wildman–Crippen LogP) is 1.78. The molecule has 1 unspecified atom stereocenters. The van der Waals surface area contributed by atoms with Crippen LogP contribution in [0.25, 0.3) is 5.69 Å². The first-order valence-corrected chi connectivity index (χ1v) is 7.79. The van der Waals surface area contributed by atoms with Crippen molar-refractivity contribution >= 4 is 12.0 Å². The van der Waals surface area contributed by atoms with Crippen molar-refractivity contribution in [3.05, 3.63) is 48.3 Å². The summed E-state index contributed by atoms with van der Waals surface area (Å²) < 4.78 is 1.79. The maximum atomic E-state index is 11.9. The van der Waals surface area contributed by atoms with E-state index in [1.807, 2.05) is 42.6 Å². The highest BCUT2D eigenvalue weighted by Gasteiger charge is 2.16. The molecular formula is C17H22N4O3. The maximum absolute atomic E-state index is 11.9. The number of aromatic nitrogens is 2. The summed E-state index contributed by atoms with van der Waals surface area (Å²) in [7, 11) is 1.58. The molecule has 1 atom stereocenters. The molecule has 0 radical (unpaired) electrons. The molecule has 128 valence electrons. The highest BCUT2D eigenvalue weighted by Crippen LogP contribution is 2.07. The first kappa shape index (κ1) is 17.5. The summed E-state index contributed by atoms with van der Waals surface area (Å²) >= 11 is 0. The Balaban J connectivity index is 1.79. The Bertz CT molecular complexity index is 684. The van der Waals surface area contributed by atoms with Crippen LogP contribution in [0.15, 0.2) is 42.6 Å². The van der Waals surface area contributed by atoms with E-state index in [4.69, 9.17) is 5.11 Å². The molecule has 0 aliphatic heterocycles. The molecule has 2 aromatic rings. The number of amides is 2. The van der Waals surface area contributed by atoms with Crippen LogP contribution in [0.1, 0.15) is 12.6 Å². The average molecular weight is 330 g/mol. The van der Waals surface area contributed by atoms with Crippen molar-refractivity contribution in [2.75, 3.05) is 20.1 Å². The van der Waals surface area contributed by atoms with Gasteiger partial charge in [-0.25, -0.2) is 9.48 Å². The lowest BCUT2D eigenvalue weighted by Gasteiger charge is -2.19. The van der Waals surface area contributed by atoms with E-state index in [-0.39, 0.29) is 12.6 Å². The first-order chi connectivity index (χ1) is 11.5. The molecule has 7 nitrogen and oxygen atoms in total. The first-order valence-electron chi connectivity index (χ1n) is 7.79. The Morgan fingerprint density at radius 2 is 2.00 bits per heavy atom. The molecule has 2 amide bonds. The normalized spacial score (nSPS) is 11.8. The maximum Gasteiger partial charge on any atom is 0.317 e. The van der Waals surface area contributed by atoms with Gasteiger partial charge in [-0.3, -0.25) is 4.79 Å². The van der Waals surface area contributed by atoms with Crippen LogP contribution < -0.4 is 5.32 Å². The summed E-state index contributed by atoms with van der Waals surface area (Å²) in [5, 5.41) is 16.1. The van der Waals surface area contributed by atoms with E-state index in [1.165, 1.54) is 4.90 Å². The zero-order valence-corrected chi connectivity index (χ0v) is 13.8. The van der Waals surface area contributed by atoms with Crippen molar-refractivity contribution in [3.8, 4) is 5.69 Å². The van der Waals surface area contributed by atoms with E-state index in [1.54, 1.807) is 18.7 Å². The minimum atomic E-state index is -0.916. The van der Waals surface area contributed by atoms with Crippen molar-refractivity contribution in [3.63, 3.8) is 0 Å². The number of carbonyl (C=O) groups excluding carboxylic acids is 1. The molecule has 0 spiro atoms. The molecule has 0 aliphatic rings. The Morgan fingerprint density at radius 1 is 1.29 bits per heavy atom. The number of carboxylic acids is 1. The van der Waals surface area contributed by atoms with Gasteiger partial charge in [0.05, 0.1) is 17.3 Å². The largest absolute Gasteiger partial charge is 0.481 e. The Kier molecular flexibility index (Phi) is 5.95. The summed E-state index contributed by atoms with van der Waals surface area (Å²) in [6, 6.07) is 11.4. The molecule has 0 saturated carbocycles. The van der Waals surface area contributed by atoms with Crippen LogP contribution in [0.4, 0.5) is 4.79 Å². The van der Waals surface area contributed by atoms with Crippen LogP contribution in [0, 0.1) is 5.92 Å². The lowest BCUT2D eigenvalue weighted by molar-refractivity contribution is -0.141. The van der Waals surface area contributed by atoms with Crippen LogP contribution in [0.5, 0.6) is 0 Å². The molecule has 0 aliphatic carbocycles. The second-order valence-corrected chi connectivity index (χ2v) is 5.69. The number of para-hydroxylation sites is 1. The van der Waals surface area contributed by atoms with Gasteiger partial charge in [-0.05, 0) is 18.2 Å². The topological polar surface area (TPSA) is 87.5 Å². The number of aliphatic carboxylic acids is 1. The fourth-order valence-electron chi connectivity index (χ4n) is 2.22. The monoisotopic (exact) mass is 330 g/mol. The smallest absolute Gasteiger partial charge is 0.317 e. The minimum absolute atomic E-state index is 0.170. The molecule has 7 heteroatoms. The molecule has 2 N–H and O–H groups in total. The fraction of sp³-hybridized carbons (Fsp3) is 0.353. The molecule has 2 rings (SSSR count). The Labute approximate surface area is 140 Å². The van der Waals surface area contributed by atoms with Gasteiger partial charge in [0.2, 0.25) is 0 Å². The van der Waals surface area contributed by atoms with Crippen LogP contribution in [-0.2, 0) is 11.2 Å². The Morgan fingerprint density at radius 3 is 2.67 bits per heavy atom. The zero-order chi connectivity index (χ0) is 17.5. The van der Waals surface area contributed by atoms with Gasteiger partial charge < -0.3 is 15.3 Å². The quantitative estimate of drug-likeness (QED) is 0.810. The molecule has 1 heterocycles. The van der Waals surface area contributed by atoms with Crippen LogP contribution in [0.2, 0.25) is 0 Å². The van der Waals surface area contributed by atoms with Crippen molar-refractivity contribution in [2.45, 2.75) is 13.3 Å². The number of hydrogen-bond acceptors (Lipinski definition) is 3. The molecule has 0 bridgehead atoms. The molecule has 0 saturated heterocycles. The highest BCUT2D eigenvalue weighted by molar-refractivity contribution is 5.75. The summed E-state index contributed by atoms with van der Waals surface area (Å²) in [5.74, 6) is -1.51. The van der Waals surface area contributed by atoms with Gasteiger partial charge >= 0.3 is 12.0 Å². The molecule has 1 aromatic carbocycles. The van der Waals surface area contributed by atoms with E-state index >= 15 is 0 Å². The number of carbonyl (C=O) groups is 2. The van der Waals surface area contributed by atoms with Crippen molar-refractivity contribution < 1.29 is 14.7 Å². The lowest BCUT2D eigenvalue weighted by Crippen LogP contribution is -2.41. The number of nitrogens with one attached hydrogen (secondary N) is 1. The molecule has 24 heavy (non-hydrogen) atoms. The van der Waals surface area contributed by atoms with Gasteiger partial charge in [0.15, 0.2) is 0 Å². The summed E-state index contributed by atoms with van der Waals surface area (Å²) in [6.07, 6.45) is 2.49. The third kappa shape index (κ3) is 4.84. The van der Waals surface area contributed by atoms with Gasteiger partial charge in [-0.15, -0.1) is 0 Å². The lowest BCUT2D eigenvalue weighted by atomic mass is 10.2. The van der Waals surface area contributed by atoms with Crippen LogP contribution in [-0.4, -0.2) is 51.9 Å². The molecule has 1 aromatic heterocycles. The third-order valence-electron chi connectivity index (χ3n) is 3.64. The van der Waals surface area contributed by atoms with Crippen LogP contribution >= 0.6 is 0 Å². The van der Waals surface area contributed by atoms with E-state index in [0.29, 0.717) is 13.0 Å². The average Bonchev–Trinajstić information content (AvgIpc) is 3.04. The number of benzene rings is 1. The zero-order valence-electron chi connectivity index (χ0n) is 13.8. The fourth-order valence-corrected chi connectivity index (χ4v) is 2.22. The summed E-state index contributed by atoms with van der Waals surface area (Å²) in [5.41, 5.74) is 1.86.